The first-order chi connectivity index (χ1) is 9.26. The van der Waals surface area contributed by atoms with Gasteiger partial charge in [0.2, 0.25) is 0 Å². The summed E-state index contributed by atoms with van der Waals surface area (Å²) in [5.41, 5.74) is 0.291. The van der Waals surface area contributed by atoms with Gasteiger partial charge in [0.05, 0.1) is 24.3 Å². The van der Waals surface area contributed by atoms with Crippen LogP contribution in [0.2, 0.25) is 5.02 Å². The van der Waals surface area contributed by atoms with Gasteiger partial charge in [-0.25, -0.2) is 0 Å². The summed E-state index contributed by atoms with van der Waals surface area (Å²) in [5.74, 6) is 1.21. The highest BCUT2D eigenvalue weighted by molar-refractivity contribution is 6.32. The summed E-state index contributed by atoms with van der Waals surface area (Å²) < 4.78 is 10.8. The lowest BCUT2D eigenvalue weighted by Crippen LogP contribution is -2.35. The van der Waals surface area contributed by atoms with Crippen LogP contribution in [0.4, 0.5) is 0 Å². The highest BCUT2D eigenvalue weighted by Gasteiger charge is 2.17. The molecular weight excluding hydrogens is 278 g/mol. The molecule has 0 amide bonds. The lowest BCUT2D eigenvalue weighted by atomic mass is 10.1. The summed E-state index contributed by atoms with van der Waals surface area (Å²) in [6.07, 6.45) is 0. The molecule has 0 radical (unpaired) electrons. The minimum atomic E-state index is -0.728. The topological polar surface area (TPSA) is 41.9 Å². The number of likely N-dealkylation sites (N-methyl/N-ethyl adjacent to an activating group) is 1. The van der Waals surface area contributed by atoms with Crippen LogP contribution >= 0.6 is 11.6 Å². The molecule has 114 valence electrons. The second-order valence-corrected chi connectivity index (χ2v) is 5.93. The van der Waals surface area contributed by atoms with Crippen molar-refractivity contribution in [3.8, 4) is 11.5 Å². The summed E-state index contributed by atoms with van der Waals surface area (Å²) in [4.78, 5) is 2.04. The van der Waals surface area contributed by atoms with Gasteiger partial charge in [-0.05, 0) is 45.5 Å². The number of rotatable bonds is 7. The lowest BCUT2D eigenvalue weighted by molar-refractivity contribution is 0.0424. The maximum Gasteiger partial charge on any atom is 0.179 e. The van der Waals surface area contributed by atoms with E-state index in [4.69, 9.17) is 21.1 Å². The maximum absolute atomic E-state index is 9.83. The zero-order valence-electron chi connectivity index (χ0n) is 12.9. The van der Waals surface area contributed by atoms with Crippen LogP contribution in [0.25, 0.3) is 0 Å². The molecule has 1 N–H and O–H groups in total. The van der Waals surface area contributed by atoms with Crippen molar-refractivity contribution >= 4 is 11.6 Å². The van der Waals surface area contributed by atoms with Crippen LogP contribution in [-0.4, -0.2) is 42.9 Å². The van der Waals surface area contributed by atoms with Gasteiger partial charge in [0, 0.05) is 13.1 Å². The van der Waals surface area contributed by atoms with E-state index in [1.165, 1.54) is 0 Å². The molecule has 0 aliphatic heterocycles. The van der Waals surface area contributed by atoms with Crippen LogP contribution in [0.5, 0.6) is 11.5 Å². The first kappa shape index (κ1) is 17.1. The number of benzene rings is 1. The van der Waals surface area contributed by atoms with Crippen molar-refractivity contribution in [2.24, 2.45) is 0 Å². The molecule has 0 bridgehead atoms. The van der Waals surface area contributed by atoms with Gasteiger partial charge in [-0.3, -0.25) is 4.90 Å². The van der Waals surface area contributed by atoms with E-state index in [1.807, 2.05) is 31.0 Å². The molecule has 0 aliphatic carbocycles. The van der Waals surface area contributed by atoms with Crippen LogP contribution in [0.15, 0.2) is 12.1 Å². The predicted molar refractivity (Wildman–Crippen MR) is 81.8 cm³/mol. The Hall–Kier alpha value is -0.970. The summed E-state index contributed by atoms with van der Waals surface area (Å²) >= 11 is 6.21. The first-order valence-electron chi connectivity index (χ1n) is 6.67. The summed E-state index contributed by atoms with van der Waals surface area (Å²) in [6.45, 7) is 7.29. The average Bonchev–Trinajstić information content (AvgIpc) is 2.26. The van der Waals surface area contributed by atoms with Gasteiger partial charge in [0.25, 0.3) is 0 Å². The third kappa shape index (κ3) is 5.19. The van der Waals surface area contributed by atoms with Crippen LogP contribution in [0.3, 0.4) is 0 Å². The van der Waals surface area contributed by atoms with Crippen molar-refractivity contribution in [2.75, 3.05) is 27.3 Å². The van der Waals surface area contributed by atoms with E-state index in [0.717, 1.165) is 5.56 Å². The third-order valence-corrected chi connectivity index (χ3v) is 2.96. The molecule has 0 aliphatic rings. The molecule has 4 nitrogen and oxygen atoms in total. The third-order valence-electron chi connectivity index (χ3n) is 2.68. The fourth-order valence-electron chi connectivity index (χ4n) is 2.20. The molecule has 1 aromatic rings. The van der Waals surface area contributed by atoms with Crippen molar-refractivity contribution < 1.29 is 14.6 Å². The Bertz CT molecular complexity index is 443. The van der Waals surface area contributed by atoms with Crippen molar-refractivity contribution in [3.05, 3.63) is 22.7 Å². The monoisotopic (exact) mass is 301 g/mol. The van der Waals surface area contributed by atoms with Gasteiger partial charge in [-0.15, -0.1) is 0 Å². The molecule has 0 saturated heterocycles. The SMILES string of the molecule is CCOc1cc(CN(C)CC(C)(C)O)cc(Cl)c1OC. The number of hydrogen-bond donors (Lipinski definition) is 1. The minimum Gasteiger partial charge on any atom is -0.491 e. The smallest absolute Gasteiger partial charge is 0.179 e. The molecular formula is C15H24ClNO3. The van der Waals surface area contributed by atoms with E-state index < -0.39 is 5.60 Å². The Morgan fingerprint density at radius 3 is 2.50 bits per heavy atom. The molecule has 0 atom stereocenters. The van der Waals surface area contributed by atoms with Crippen molar-refractivity contribution in [1.29, 1.82) is 0 Å². The van der Waals surface area contributed by atoms with Gasteiger partial charge in [-0.2, -0.15) is 0 Å². The van der Waals surface area contributed by atoms with E-state index in [1.54, 1.807) is 21.0 Å². The van der Waals surface area contributed by atoms with Gasteiger partial charge < -0.3 is 14.6 Å². The molecule has 0 saturated carbocycles. The zero-order chi connectivity index (χ0) is 15.3. The Morgan fingerprint density at radius 1 is 1.35 bits per heavy atom. The summed E-state index contributed by atoms with van der Waals surface area (Å²) in [5, 5.41) is 10.4. The first-order valence-corrected chi connectivity index (χ1v) is 7.04. The van der Waals surface area contributed by atoms with Crippen LogP contribution in [-0.2, 0) is 6.54 Å². The lowest BCUT2D eigenvalue weighted by Gasteiger charge is -2.25. The number of aliphatic hydroxyl groups is 1. The van der Waals surface area contributed by atoms with Gasteiger partial charge >= 0.3 is 0 Å². The Balaban J connectivity index is 2.91. The fourth-order valence-corrected chi connectivity index (χ4v) is 2.51. The molecule has 5 heteroatoms. The number of methoxy groups -OCH3 is 1. The largest absolute Gasteiger partial charge is 0.491 e. The molecule has 1 aromatic carbocycles. The maximum atomic E-state index is 9.83. The molecule has 0 spiro atoms. The van der Waals surface area contributed by atoms with E-state index in [2.05, 4.69) is 0 Å². The van der Waals surface area contributed by atoms with Gasteiger partial charge in [-0.1, -0.05) is 11.6 Å². The van der Waals surface area contributed by atoms with Gasteiger partial charge in [0.15, 0.2) is 11.5 Å². The van der Waals surface area contributed by atoms with E-state index in [0.29, 0.717) is 36.2 Å². The minimum absolute atomic E-state index is 0.533. The van der Waals surface area contributed by atoms with E-state index >= 15 is 0 Å². The Morgan fingerprint density at radius 2 is 2.00 bits per heavy atom. The quantitative estimate of drug-likeness (QED) is 0.841. The van der Waals surface area contributed by atoms with Crippen LogP contribution < -0.4 is 9.47 Å². The standard InChI is InChI=1S/C15H24ClNO3/c1-6-20-13-8-11(7-12(16)14(13)19-5)9-17(4)10-15(2,3)18/h7-8,18H,6,9-10H2,1-5H3. The van der Waals surface area contributed by atoms with E-state index in [-0.39, 0.29) is 0 Å². The number of nitrogens with zero attached hydrogens (tertiary/aromatic N) is 1. The molecule has 1 rings (SSSR count). The molecule has 0 heterocycles. The number of ether oxygens (including phenoxy) is 2. The second kappa shape index (κ2) is 7.16. The average molecular weight is 302 g/mol. The second-order valence-electron chi connectivity index (χ2n) is 5.53. The van der Waals surface area contributed by atoms with Crippen molar-refractivity contribution in [3.63, 3.8) is 0 Å². The van der Waals surface area contributed by atoms with E-state index in [9.17, 15) is 5.11 Å². The zero-order valence-corrected chi connectivity index (χ0v) is 13.6. The summed E-state index contributed by atoms with van der Waals surface area (Å²) in [7, 11) is 3.53. The molecule has 20 heavy (non-hydrogen) atoms. The van der Waals surface area contributed by atoms with Gasteiger partial charge in [0.1, 0.15) is 0 Å². The van der Waals surface area contributed by atoms with Crippen LogP contribution in [0.1, 0.15) is 26.3 Å². The highest BCUT2D eigenvalue weighted by atomic mass is 35.5. The number of hydrogen-bond acceptors (Lipinski definition) is 4. The predicted octanol–water partition coefficient (Wildman–Crippen LogP) is 2.95. The molecule has 0 aromatic heterocycles. The Labute approximate surface area is 126 Å². The molecule has 0 fully saturated rings. The normalized spacial score (nSPS) is 11.8. The van der Waals surface area contributed by atoms with Crippen LogP contribution in [0, 0.1) is 0 Å². The number of halogens is 1. The van der Waals surface area contributed by atoms with Crippen molar-refractivity contribution in [2.45, 2.75) is 32.9 Å². The Kier molecular flexibility index (Phi) is 6.11. The van der Waals surface area contributed by atoms with Crippen molar-refractivity contribution in [1.82, 2.24) is 4.90 Å². The molecule has 0 unspecified atom stereocenters. The fraction of sp³-hybridized carbons (Fsp3) is 0.600. The highest BCUT2D eigenvalue weighted by Crippen LogP contribution is 2.36. The summed E-state index contributed by atoms with van der Waals surface area (Å²) in [6, 6.07) is 3.79.